The molecule has 134 valence electrons. The van der Waals surface area contributed by atoms with E-state index in [0.717, 1.165) is 21.7 Å². The van der Waals surface area contributed by atoms with E-state index in [1.165, 1.54) is 11.8 Å². The van der Waals surface area contributed by atoms with Crippen LogP contribution in [0.2, 0.25) is 10.0 Å². The second-order valence-electron chi connectivity index (χ2n) is 5.63. The van der Waals surface area contributed by atoms with Gasteiger partial charge in [0, 0.05) is 17.0 Å². The third kappa shape index (κ3) is 4.03. The molecule has 1 aromatic heterocycles. The highest BCUT2D eigenvalue weighted by Gasteiger charge is 2.15. The van der Waals surface area contributed by atoms with Crippen LogP contribution in [0.1, 0.15) is 17.0 Å². The molecule has 3 aromatic rings. The Hall–Kier alpha value is -1.63. The zero-order valence-corrected chi connectivity index (χ0v) is 16.4. The predicted octanol–water partition coefficient (Wildman–Crippen LogP) is 4.86. The van der Waals surface area contributed by atoms with Gasteiger partial charge in [-0.05, 0) is 30.7 Å². The van der Waals surface area contributed by atoms with Gasteiger partial charge in [0.15, 0.2) is 0 Å². The van der Waals surface area contributed by atoms with Crippen LogP contribution in [0.4, 0.5) is 0 Å². The Labute approximate surface area is 166 Å². The second kappa shape index (κ2) is 8.37. The molecule has 0 atom stereocenters. The van der Waals surface area contributed by atoms with Crippen LogP contribution in [-0.4, -0.2) is 15.1 Å². The van der Waals surface area contributed by atoms with Gasteiger partial charge in [0.05, 0.1) is 33.7 Å². The number of hydrogen-bond acceptors (Lipinski definition) is 5. The van der Waals surface area contributed by atoms with Gasteiger partial charge in [0.25, 0.3) is 0 Å². The molecule has 26 heavy (non-hydrogen) atoms. The molecular formula is C19H17Cl2N3OS. The van der Waals surface area contributed by atoms with E-state index in [0.29, 0.717) is 33.0 Å². The van der Waals surface area contributed by atoms with Gasteiger partial charge in [-0.25, -0.2) is 9.97 Å². The summed E-state index contributed by atoms with van der Waals surface area (Å²) in [6.45, 7) is 2.10. The minimum Gasteiger partial charge on any atom is -0.390 e. The molecule has 0 aliphatic heterocycles. The molecular weight excluding hydrogens is 389 g/mol. The molecule has 3 rings (SSSR count). The highest BCUT2D eigenvalue weighted by molar-refractivity contribution is 7.99. The third-order valence-corrected chi connectivity index (χ3v) is 5.88. The van der Waals surface area contributed by atoms with Gasteiger partial charge in [0.2, 0.25) is 0 Å². The SMILES string of the molecule is Cc1nc(-c2cccc(CN)c2)c(CO)nc1Sc1cccc(Cl)c1Cl. The van der Waals surface area contributed by atoms with E-state index in [4.69, 9.17) is 28.9 Å². The van der Waals surface area contributed by atoms with Crippen LogP contribution in [0.25, 0.3) is 11.3 Å². The number of aliphatic hydroxyl groups excluding tert-OH is 1. The molecule has 0 saturated heterocycles. The number of benzene rings is 2. The average molecular weight is 406 g/mol. The molecule has 0 fully saturated rings. The van der Waals surface area contributed by atoms with Crippen molar-refractivity contribution >= 4 is 35.0 Å². The van der Waals surface area contributed by atoms with E-state index in [-0.39, 0.29) is 6.61 Å². The summed E-state index contributed by atoms with van der Waals surface area (Å²) in [7, 11) is 0. The molecule has 0 spiro atoms. The molecule has 3 N–H and O–H groups in total. The molecule has 0 radical (unpaired) electrons. The Morgan fingerprint density at radius 2 is 1.88 bits per heavy atom. The smallest absolute Gasteiger partial charge is 0.123 e. The van der Waals surface area contributed by atoms with Crippen molar-refractivity contribution in [1.29, 1.82) is 0 Å². The third-order valence-electron chi connectivity index (χ3n) is 3.81. The van der Waals surface area contributed by atoms with Gasteiger partial charge in [-0.1, -0.05) is 59.2 Å². The summed E-state index contributed by atoms with van der Waals surface area (Å²) in [4.78, 5) is 10.1. The van der Waals surface area contributed by atoms with Crippen molar-refractivity contribution in [2.45, 2.75) is 30.0 Å². The number of nitrogens with zero attached hydrogens (tertiary/aromatic N) is 2. The van der Waals surface area contributed by atoms with E-state index < -0.39 is 0 Å². The van der Waals surface area contributed by atoms with Crippen molar-refractivity contribution < 1.29 is 5.11 Å². The number of aliphatic hydroxyl groups is 1. The molecule has 0 unspecified atom stereocenters. The second-order valence-corrected chi connectivity index (χ2v) is 7.44. The summed E-state index contributed by atoms with van der Waals surface area (Å²) in [6.07, 6.45) is 0. The number of rotatable bonds is 5. The minimum atomic E-state index is -0.216. The molecule has 1 heterocycles. The van der Waals surface area contributed by atoms with Crippen LogP contribution < -0.4 is 5.73 Å². The van der Waals surface area contributed by atoms with Crippen LogP contribution in [0.3, 0.4) is 0 Å². The van der Waals surface area contributed by atoms with Crippen LogP contribution in [0, 0.1) is 6.92 Å². The number of hydrogen-bond donors (Lipinski definition) is 2. The maximum Gasteiger partial charge on any atom is 0.123 e. The fraction of sp³-hybridized carbons (Fsp3) is 0.158. The van der Waals surface area contributed by atoms with E-state index >= 15 is 0 Å². The Morgan fingerprint density at radius 1 is 1.12 bits per heavy atom. The topological polar surface area (TPSA) is 72.0 Å². The van der Waals surface area contributed by atoms with Crippen molar-refractivity contribution in [3.8, 4) is 11.3 Å². The minimum absolute atomic E-state index is 0.216. The van der Waals surface area contributed by atoms with E-state index in [1.807, 2.05) is 43.3 Å². The van der Waals surface area contributed by atoms with E-state index in [1.54, 1.807) is 6.07 Å². The van der Waals surface area contributed by atoms with Gasteiger partial charge in [-0.3, -0.25) is 0 Å². The monoisotopic (exact) mass is 405 g/mol. The first kappa shape index (κ1) is 19.1. The fourth-order valence-electron chi connectivity index (χ4n) is 2.49. The Balaban J connectivity index is 2.03. The molecule has 0 bridgehead atoms. The number of aromatic nitrogens is 2. The summed E-state index contributed by atoms with van der Waals surface area (Å²) < 4.78 is 0. The standard InChI is InChI=1S/C19H17Cl2N3OS/c1-11-19(26-16-7-3-6-14(20)17(16)21)24-15(10-25)18(23-11)13-5-2-4-12(8-13)9-22/h2-8,25H,9-10,22H2,1H3. The summed E-state index contributed by atoms with van der Waals surface area (Å²) in [5, 5.41) is 11.4. The largest absolute Gasteiger partial charge is 0.390 e. The Bertz CT molecular complexity index is 950. The van der Waals surface area contributed by atoms with Crippen LogP contribution in [-0.2, 0) is 13.2 Å². The van der Waals surface area contributed by atoms with Crippen molar-refractivity contribution in [2.24, 2.45) is 5.73 Å². The quantitative estimate of drug-likeness (QED) is 0.633. The molecule has 0 saturated carbocycles. The van der Waals surface area contributed by atoms with Gasteiger partial charge in [-0.2, -0.15) is 0 Å². The van der Waals surface area contributed by atoms with Crippen molar-refractivity contribution in [1.82, 2.24) is 9.97 Å². The first-order valence-electron chi connectivity index (χ1n) is 7.93. The highest BCUT2D eigenvalue weighted by Crippen LogP contribution is 2.38. The lowest BCUT2D eigenvalue weighted by molar-refractivity contribution is 0.276. The molecule has 2 aromatic carbocycles. The zero-order chi connectivity index (χ0) is 18.7. The molecule has 4 nitrogen and oxygen atoms in total. The maximum atomic E-state index is 9.80. The maximum absolute atomic E-state index is 9.80. The molecule has 0 amide bonds. The number of halogens is 2. The zero-order valence-electron chi connectivity index (χ0n) is 14.0. The van der Waals surface area contributed by atoms with Crippen molar-refractivity contribution in [2.75, 3.05) is 0 Å². The van der Waals surface area contributed by atoms with E-state index in [2.05, 4.69) is 9.97 Å². The van der Waals surface area contributed by atoms with Crippen LogP contribution in [0.15, 0.2) is 52.4 Å². The van der Waals surface area contributed by atoms with Gasteiger partial charge in [-0.15, -0.1) is 0 Å². The summed E-state index contributed by atoms with van der Waals surface area (Å²) in [5.74, 6) is 0. The summed E-state index contributed by atoms with van der Waals surface area (Å²) in [6, 6.07) is 13.2. The average Bonchev–Trinajstić information content (AvgIpc) is 2.66. The van der Waals surface area contributed by atoms with Gasteiger partial charge < -0.3 is 10.8 Å². The number of aryl methyl sites for hydroxylation is 1. The molecule has 7 heteroatoms. The van der Waals surface area contributed by atoms with Gasteiger partial charge >= 0.3 is 0 Å². The van der Waals surface area contributed by atoms with Crippen LogP contribution >= 0.6 is 35.0 Å². The van der Waals surface area contributed by atoms with Crippen molar-refractivity contribution in [3.63, 3.8) is 0 Å². The Kier molecular flexibility index (Phi) is 6.16. The van der Waals surface area contributed by atoms with E-state index in [9.17, 15) is 5.11 Å². The Morgan fingerprint density at radius 3 is 2.62 bits per heavy atom. The normalized spacial score (nSPS) is 11.0. The lowest BCUT2D eigenvalue weighted by Crippen LogP contribution is -2.03. The first-order valence-corrected chi connectivity index (χ1v) is 9.50. The molecule has 0 aliphatic carbocycles. The summed E-state index contributed by atoms with van der Waals surface area (Å²) in [5.41, 5.74) is 9.50. The highest BCUT2D eigenvalue weighted by atomic mass is 35.5. The van der Waals surface area contributed by atoms with Crippen molar-refractivity contribution in [3.05, 3.63) is 69.5 Å². The van der Waals surface area contributed by atoms with Crippen LogP contribution in [0.5, 0.6) is 0 Å². The molecule has 0 aliphatic rings. The van der Waals surface area contributed by atoms with Gasteiger partial charge in [0.1, 0.15) is 5.03 Å². The lowest BCUT2D eigenvalue weighted by Gasteiger charge is -2.13. The lowest BCUT2D eigenvalue weighted by atomic mass is 10.1. The summed E-state index contributed by atoms with van der Waals surface area (Å²) >= 11 is 13.7. The first-order chi connectivity index (χ1) is 12.5. The number of nitrogens with two attached hydrogens (primary N) is 1. The predicted molar refractivity (Wildman–Crippen MR) is 107 cm³/mol. The fourth-order valence-corrected chi connectivity index (χ4v) is 3.86.